The van der Waals surface area contributed by atoms with Crippen molar-refractivity contribution in [3.63, 3.8) is 0 Å². The number of phenols is 1. The van der Waals surface area contributed by atoms with Crippen LogP contribution in [0.4, 0.5) is 5.69 Å². The molecule has 9 heteroatoms. The molecule has 0 saturated carbocycles. The van der Waals surface area contributed by atoms with E-state index in [1.54, 1.807) is 30.3 Å². The normalized spacial score (nSPS) is 11.9. The van der Waals surface area contributed by atoms with Gasteiger partial charge in [-0.1, -0.05) is 12.1 Å². The highest BCUT2D eigenvalue weighted by Gasteiger charge is 2.16. The number of thiophene rings is 1. The summed E-state index contributed by atoms with van der Waals surface area (Å²) in [5.41, 5.74) is 7.27. The number of pyridine rings is 1. The maximum absolute atomic E-state index is 12.3. The fourth-order valence-electron chi connectivity index (χ4n) is 3.25. The molecule has 0 amide bonds. The summed E-state index contributed by atoms with van der Waals surface area (Å²) in [6, 6.07) is 11.8. The number of rotatable bonds is 5. The Balaban J connectivity index is 1.95. The quantitative estimate of drug-likeness (QED) is 0.399. The summed E-state index contributed by atoms with van der Waals surface area (Å²) in [6.45, 7) is 0.0165. The first-order valence-electron chi connectivity index (χ1n) is 8.46. The molecule has 2 aromatic heterocycles. The first-order chi connectivity index (χ1) is 13.4. The van der Waals surface area contributed by atoms with E-state index in [4.69, 9.17) is 5.73 Å². The number of hydrogen-bond acceptors (Lipinski definition) is 6. The Kier molecular flexibility index (Phi) is 4.58. The molecule has 0 spiro atoms. The van der Waals surface area contributed by atoms with Gasteiger partial charge in [-0.25, -0.2) is 8.42 Å². The van der Waals surface area contributed by atoms with Crippen LogP contribution in [0.5, 0.6) is 5.75 Å². The van der Waals surface area contributed by atoms with Crippen LogP contribution in [0.2, 0.25) is 0 Å². The molecule has 144 valence electrons. The largest absolute Gasteiger partial charge is 0.507 e. The fraction of sp³-hybridized carbons (Fsp3) is 0.105. The fourth-order valence-corrected chi connectivity index (χ4v) is 4.95. The molecule has 0 atom stereocenters. The summed E-state index contributed by atoms with van der Waals surface area (Å²) in [4.78, 5) is 15.1. The third kappa shape index (κ3) is 3.24. The number of nitrogens with two attached hydrogens (primary N) is 1. The van der Waals surface area contributed by atoms with Crippen LogP contribution in [0.25, 0.3) is 32.1 Å². The number of aromatic hydroxyl groups is 1. The number of phenolic OH excluding ortho intramolecular Hbond substituents is 1. The van der Waals surface area contributed by atoms with Crippen molar-refractivity contribution in [3.05, 3.63) is 58.2 Å². The van der Waals surface area contributed by atoms with Crippen LogP contribution >= 0.6 is 11.3 Å². The van der Waals surface area contributed by atoms with E-state index >= 15 is 0 Å². The van der Waals surface area contributed by atoms with Crippen molar-refractivity contribution in [1.82, 2.24) is 4.98 Å². The van der Waals surface area contributed by atoms with E-state index < -0.39 is 10.0 Å². The molecule has 0 bridgehead atoms. The molecule has 4 aromatic rings. The Morgan fingerprint density at radius 3 is 2.79 bits per heavy atom. The molecule has 2 heterocycles. The number of hydrogen-bond donors (Lipinski definition) is 4. The zero-order valence-corrected chi connectivity index (χ0v) is 16.2. The van der Waals surface area contributed by atoms with Crippen molar-refractivity contribution < 1.29 is 13.5 Å². The van der Waals surface area contributed by atoms with Gasteiger partial charge in [0.2, 0.25) is 10.0 Å². The van der Waals surface area contributed by atoms with Crippen LogP contribution in [0.1, 0.15) is 0 Å². The molecule has 28 heavy (non-hydrogen) atoms. The maximum atomic E-state index is 12.3. The summed E-state index contributed by atoms with van der Waals surface area (Å²) in [6.07, 6.45) is 0. The zero-order chi connectivity index (χ0) is 19.9. The molecule has 4 rings (SSSR count). The van der Waals surface area contributed by atoms with Gasteiger partial charge in [0.05, 0.1) is 5.75 Å². The van der Waals surface area contributed by atoms with Crippen LogP contribution in [0.3, 0.4) is 0 Å². The van der Waals surface area contributed by atoms with Crippen LogP contribution < -0.4 is 16.0 Å². The topological polar surface area (TPSA) is 125 Å². The molecule has 0 aliphatic heterocycles. The van der Waals surface area contributed by atoms with Gasteiger partial charge >= 0.3 is 0 Å². The van der Waals surface area contributed by atoms with Gasteiger partial charge in [-0.2, -0.15) is 0 Å². The average molecular weight is 415 g/mol. The van der Waals surface area contributed by atoms with Gasteiger partial charge in [-0.15, -0.1) is 11.3 Å². The number of aromatic amines is 1. The van der Waals surface area contributed by atoms with Crippen molar-refractivity contribution in [2.24, 2.45) is 5.73 Å². The van der Waals surface area contributed by atoms with Gasteiger partial charge < -0.3 is 15.8 Å². The minimum absolute atomic E-state index is 0.0165. The highest BCUT2D eigenvalue weighted by atomic mass is 32.2. The molecule has 0 aliphatic rings. The second-order valence-corrected chi connectivity index (χ2v) is 9.05. The molecular formula is C19H17N3O4S2. The first-order valence-corrected chi connectivity index (χ1v) is 11.0. The number of H-pyrrole nitrogens is 1. The van der Waals surface area contributed by atoms with Crippen molar-refractivity contribution in [2.45, 2.75) is 0 Å². The molecular weight excluding hydrogens is 398 g/mol. The Bertz CT molecular complexity index is 1360. The third-order valence-corrected chi connectivity index (χ3v) is 6.62. The maximum Gasteiger partial charge on any atom is 0.266 e. The van der Waals surface area contributed by atoms with E-state index in [-0.39, 0.29) is 23.6 Å². The number of fused-ring (bicyclic) bond motifs is 3. The van der Waals surface area contributed by atoms with Crippen LogP contribution in [-0.4, -0.2) is 30.8 Å². The minimum Gasteiger partial charge on any atom is -0.507 e. The smallest absolute Gasteiger partial charge is 0.266 e. The van der Waals surface area contributed by atoms with E-state index in [9.17, 15) is 18.3 Å². The first kappa shape index (κ1) is 18.5. The minimum atomic E-state index is -3.55. The summed E-state index contributed by atoms with van der Waals surface area (Å²) in [5.74, 6) is -0.151. The van der Waals surface area contributed by atoms with Crippen molar-refractivity contribution in [3.8, 4) is 16.9 Å². The molecule has 5 N–H and O–H groups in total. The molecule has 0 unspecified atom stereocenters. The van der Waals surface area contributed by atoms with E-state index in [2.05, 4.69) is 9.71 Å². The van der Waals surface area contributed by atoms with Gasteiger partial charge in [-0.05, 0) is 41.3 Å². The van der Waals surface area contributed by atoms with E-state index in [0.717, 1.165) is 5.39 Å². The number of nitrogens with one attached hydrogen (secondary N) is 2. The van der Waals surface area contributed by atoms with Crippen LogP contribution in [0.15, 0.2) is 52.6 Å². The Morgan fingerprint density at radius 1 is 1.18 bits per heavy atom. The Hall–Kier alpha value is -2.88. The lowest BCUT2D eigenvalue weighted by atomic mass is 9.97. The van der Waals surface area contributed by atoms with Gasteiger partial charge in [-0.3, -0.25) is 9.52 Å². The molecule has 0 aliphatic carbocycles. The molecule has 0 saturated heterocycles. The number of anilines is 1. The van der Waals surface area contributed by atoms with Crippen molar-refractivity contribution in [1.29, 1.82) is 0 Å². The summed E-state index contributed by atoms with van der Waals surface area (Å²) < 4.78 is 27.1. The lowest BCUT2D eigenvalue weighted by Gasteiger charge is -2.13. The average Bonchev–Trinajstić information content (AvgIpc) is 3.12. The second-order valence-electron chi connectivity index (χ2n) is 6.29. The zero-order valence-electron chi connectivity index (χ0n) is 14.6. The van der Waals surface area contributed by atoms with E-state index in [0.29, 0.717) is 32.4 Å². The lowest BCUT2D eigenvalue weighted by Crippen LogP contribution is -2.22. The highest BCUT2D eigenvalue weighted by molar-refractivity contribution is 7.92. The van der Waals surface area contributed by atoms with Crippen molar-refractivity contribution >= 4 is 48.0 Å². The monoisotopic (exact) mass is 415 g/mol. The number of aromatic nitrogens is 1. The van der Waals surface area contributed by atoms with E-state index in [1.165, 1.54) is 17.4 Å². The predicted molar refractivity (Wildman–Crippen MR) is 114 cm³/mol. The summed E-state index contributed by atoms with van der Waals surface area (Å²) >= 11 is 1.33. The third-order valence-electron chi connectivity index (χ3n) is 4.38. The van der Waals surface area contributed by atoms with Gasteiger partial charge in [0.25, 0.3) is 5.56 Å². The summed E-state index contributed by atoms with van der Waals surface area (Å²) in [7, 11) is -3.55. The molecule has 0 fully saturated rings. The van der Waals surface area contributed by atoms with Crippen LogP contribution in [0, 0.1) is 0 Å². The van der Waals surface area contributed by atoms with Gasteiger partial charge in [0.1, 0.15) is 10.4 Å². The van der Waals surface area contributed by atoms with Gasteiger partial charge in [0, 0.05) is 34.1 Å². The SMILES string of the molecule is NCCS(=O)(=O)Nc1cccc(-c2c(O)ccc3[nH]c(=O)c4sccc4c23)c1. The second kappa shape index (κ2) is 6.93. The van der Waals surface area contributed by atoms with Gasteiger partial charge in [0.15, 0.2) is 0 Å². The van der Waals surface area contributed by atoms with Crippen molar-refractivity contribution in [2.75, 3.05) is 17.0 Å². The van der Waals surface area contributed by atoms with Crippen LogP contribution in [-0.2, 0) is 10.0 Å². The predicted octanol–water partition coefficient (Wildman–Crippen LogP) is 2.82. The Labute approximate surface area is 164 Å². The lowest BCUT2D eigenvalue weighted by molar-refractivity contribution is 0.478. The standard InChI is InChI=1S/C19H17N3O4S2/c20-7-9-28(25,26)22-12-3-1-2-11(10-12)16-15(23)5-4-14-17(16)13-6-8-27-18(13)19(24)21-14/h1-6,8,10,22-23H,7,9,20H2,(H,21,24). The number of benzene rings is 2. The number of sulfonamides is 1. The molecule has 2 aromatic carbocycles. The molecule has 0 radical (unpaired) electrons. The highest BCUT2D eigenvalue weighted by Crippen LogP contribution is 2.40. The summed E-state index contributed by atoms with van der Waals surface area (Å²) in [5, 5.41) is 13.9. The Morgan fingerprint density at radius 2 is 2.00 bits per heavy atom. The van der Waals surface area contributed by atoms with E-state index in [1.807, 2.05) is 11.4 Å². The molecule has 7 nitrogen and oxygen atoms in total.